The van der Waals surface area contributed by atoms with Gasteiger partial charge < -0.3 is 4.42 Å². The van der Waals surface area contributed by atoms with Gasteiger partial charge in [0.1, 0.15) is 11.2 Å². The van der Waals surface area contributed by atoms with Crippen molar-refractivity contribution in [2.45, 2.75) is 10.8 Å². The van der Waals surface area contributed by atoms with Gasteiger partial charge in [0.2, 0.25) is 0 Å². The molecule has 0 radical (unpaired) electrons. The second-order valence-electron chi connectivity index (χ2n) is 18.7. The van der Waals surface area contributed by atoms with Gasteiger partial charge in [-0.3, -0.25) is 0 Å². The molecule has 0 unspecified atom stereocenters. The monoisotopic (exact) mass is 876 g/mol. The highest BCUT2D eigenvalue weighted by Crippen LogP contribution is 2.68. The molecule has 3 aliphatic carbocycles. The number of aromatic nitrogens is 2. The molecular weight excluding hydrogens is 837 g/mol. The largest absolute Gasteiger partial charge is 0.456 e. The predicted octanol–water partition coefficient (Wildman–Crippen LogP) is 16.1. The van der Waals surface area contributed by atoms with Crippen LogP contribution in [-0.2, 0) is 10.8 Å². The normalized spacial score (nSPS) is 14.0. The summed E-state index contributed by atoms with van der Waals surface area (Å²) in [7, 11) is 0. The molecule has 2 spiro atoms. The van der Waals surface area contributed by atoms with Crippen molar-refractivity contribution in [1.29, 1.82) is 0 Å². The Balaban J connectivity index is 0.963. The number of hydrogen-bond acceptors (Lipinski definition) is 3. The molecule has 0 atom stereocenters. The van der Waals surface area contributed by atoms with Crippen molar-refractivity contribution in [3.63, 3.8) is 0 Å². The average molecular weight is 877 g/mol. The van der Waals surface area contributed by atoms with E-state index in [4.69, 9.17) is 14.4 Å². The summed E-state index contributed by atoms with van der Waals surface area (Å²) in [5, 5.41) is 2.18. The molecule has 2 heterocycles. The van der Waals surface area contributed by atoms with Crippen LogP contribution in [0.25, 0.3) is 89.2 Å². The van der Waals surface area contributed by atoms with E-state index in [1.807, 2.05) is 18.2 Å². The second kappa shape index (κ2) is 14.3. The molecule has 0 amide bonds. The molecule has 0 fully saturated rings. The number of furan rings is 1. The summed E-state index contributed by atoms with van der Waals surface area (Å²) >= 11 is 0. The molecule has 10 aromatic carbocycles. The Morgan fingerprint density at radius 3 is 1.42 bits per heavy atom. The van der Waals surface area contributed by atoms with Crippen molar-refractivity contribution in [1.82, 2.24) is 9.97 Å². The summed E-state index contributed by atoms with van der Waals surface area (Å²) < 4.78 is 6.36. The highest BCUT2D eigenvalue weighted by Gasteiger charge is 2.59. The van der Waals surface area contributed by atoms with Crippen LogP contribution in [0.3, 0.4) is 0 Å². The quantitative estimate of drug-likeness (QED) is 0.177. The highest BCUT2D eigenvalue weighted by atomic mass is 16.3. The molecule has 0 N–H and O–H groups in total. The first-order chi connectivity index (χ1) is 34.2. The van der Waals surface area contributed by atoms with Crippen molar-refractivity contribution < 1.29 is 4.42 Å². The zero-order valence-corrected chi connectivity index (χ0v) is 37.4. The van der Waals surface area contributed by atoms with Gasteiger partial charge in [-0.25, -0.2) is 9.97 Å². The first-order valence-electron chi connectivity index (χ1n) is 23.8. The van der Waals surface area contributed by atoms with Crippen molar-refractivity contribution in [3.8, 4) is 67.3 Å². The molecule has 12 aromatic rings. The second-order valence-corrected chi connectivity index (χ2v) is 18.7. The van der Waals surface area contributed by atoms with E-state index >= 15 is 0 Å². The van der Waals surface area contributed by atoms with E-state index in [0.717, 1.165) is 55.6 Å². The zero-order valence-electron chi connectivity index (χ0n) is 37.4. The summed E-state index contributed by atoms with van der Waals surface area (Å²) in [6.07, 6.45) is 0. The van der Waals surface area contributed by atoms with E-state index in [9.17, 15) is 0 Å². The molecule has 3 nitrogen and oxygen atoms in total. The highest BCUT2D eigenvalue weighted by molar-refractivity contribution is 6.06. The van der Waals surface area contributed by atoms with Gasteiger partial charge in [-0.1, -0.05) is 212 Å². The number of hydrogen-bond donors (Lipinski definition) is 0. The van der Waals surface area contributed by atoms with Crippen molar-refractivity contribution >= 4 is 21.9 Å². The molecule has 69 heavy (non-hydrogen) atoms. The van der Waals surface area contributed by atoms with Crippen LogP contribution in [0.2, 0.25) is 0 Å². The zero-order chi connectivity index (χ0) is 45.3. The Morgan fingerprint density at radius 2 is 0.739 bits per heavy atom. The third kappa shape index (κ3) is 5.11. The fraction of sp³-hybridized carbons (Fsp3) is 0.0303. The lowest BCUT2D eigenvalue weighted by molar-refractivity contribution is 0.633. The number of nitrogens with zero attached hydrogens (tertiary/aromatic N) is 2. The van der Waals surface area contributed by atoms with E-state index in [2.05, 4.69) is 224 Å². The minimum atomic E-state index is -0.624. The van der Waals surface area contributed by atoms with E-state index < -0.39 is 10.8 Å². The lowest BCUT2D eigenvalue weighted by Gasteiger charge is -2.49. The molecule has 0 aliphatic heterocycles. The van der Waals surface area contributed by atoms with Gasteiger partial charge in [-0.05, 0) is 108 Å². The first kappa shape index (κ1) is 38.2. The third-order valence-electron chi connectivity index (χ3n) is 15.4. The molecule has 3 heteroatoms. The van der Waals surface area contributed by atoms with Gasteiger partial charge in [0.25, 0.3) is 0 Å². The van der Waals surface area contributed by atoms with Gasteiger partial charge in [0.15, 0.2) is 5.82 Å². The van der Waals surface area contributed by atoms with Gasteiger partial charge in [0.05, 0.1) is 22.2 Å². The Morgan fingerprint density at radius 1 is 0.275 bits per heavy atom. The van der Waals surface area contributed by atoms with E-state index in [1.165, 1.54) is 72.3 Å². The van der Waals surface area contributed by atoms with Crippen molar-refractivity contribution in [3.05, 3.63) is 287 Å². The Labute approximate surface area is 399 Å². The topological polar surface area (TPSA) is 38.9 Å². The maximum atomic E-state index is 6.36. The lowest BCUT2D eigenvalue weighted by atomic mass is 9.52. The van der Waals surface area contributed by atoms with Gasteiger partial charge >= 0.3 is 0 Å². The molecule has 0 saturated carbocycles. The predicted molar refractivity (Wildman–Crippen MR) is 279 cm³/mol. The first-order valence-corrected chi connectivity index (χ1v) is 23.8. The summed E-state index contributed by atoms with van der Waals surface area (Å²) in [5.74, 6) is 0.647. The number of benzene rings is 10. The molecule has 2 aromatic heterocycles. The standard InChI is InChI=1S/C66H40N2O/c1-2-18-41(19-3-1)59-40-60(68-64(67-59)44-36-37-50-49-25-7-15-35-61(49)69-62(50)39-44)43-21-16-20-42(38-43)45-26-17-27-51-48-24-6-10-30-54(48)66(63(45)51)57-33-13-11-31-55(57)65(56-32-12-14-34-58(56)66)52-28-8-4-22-46(52)47-23-5-9-29-53(47)65/h1-40H. The van der Waals surface area contributed by atoms with E-state index in [0.29, 0.717) is 5.82 Å². The van der Waals surface area contributed by atoms with Crippen LogP contribution in [0.4, 0.5) is 0 Å². The third-order valence-corrected chi connectivity index (χ3v) is 15.4. The number of fused-ring (bicyclic) bond motifs is 19. The van der Waals surface area contributed by atoms with Crippen molar-refractivity contribution in [2.75, 3.05) is 0 Å². The molecule has 3 aliphatic rings. The fourth-order valence-electron chi connectivity index (χ4n) is 12.7. The minimum Gasteiger partial charge on any atom is -0.456 e. The maximum Gasteiger partial charge on any atom is 0.160 e. The van der Waals surface area contributed by atoms with Crippen LogP contribution in [0.5, 0.6) is 0 Å². The van der Waals surface area contributed by atoms with Crippen LogP contribution in [0.15, 0.2) is 247 Å². The number of para-hydroxylation sites is 1. The van der Waals surface area contributed by atoms with Crippen LogP contribution < -0.4 is 0 Å². The van der Waals surface area contributed by atoms with Crippen LogP contribution >= 0.6 is 0 Å². The minimum absolute atomic E-state index is 0.506. The average Bonchev–Trinajstić information content (AvgIpc) is 4.05. The smallest absolute Gasteiger partial charge is 0.160 e. The van der Waals surface area contributed by atoms with Crippen LogP contribution in [0.1, 0.15) is 44.5 Å². The van der Waals surface area contributed by atoms with Gasteiger partial charge in [-0.15, -0.1) is 0 Å². The summed E-state index contributed by atoms with van der Waals surface area (Å²) in [6, 6.07) is 88.9. The fourth-order valence-corrected chi connectivity index (χ4v) is 12.7. The van der Waals surface area contributed by atoms with Crippen molar-refractivity contribution in [2.24, 2.45) is 0 Å². The lowest BCUT2D eigenvalue weighted by Crippen LogP contribution is -2.44. The summed E-state index contributed by atoms with van der Waals surface area (Å²) in [6.45, 7) is 0. The molecular formula is C66H40N2O. The summed E-state index contributed by atoms with van der Waals surface area (Å²) in [4.78, 5) is 10.6. The SMILES string of the molecule is c1ccc(-c2cc(-c3cccc(-c4cccc5c4C4(c6ccccc6-5)c5ccccc5C5(c6ccccc6-c6ccccc65)c5ccccc54)c3)nc(-c3ccc4c(c3)oc3ccccc34)n2)cc1. The Hall–Kier alpha value is -8.92. The van der Waals surface area contributed by atoms with Crippen LogP contribution in [0, 0.1) is 0 Å². The van der Waals surface area contributed by atoms with Gasteiger partial charge in [-0.2, -0.15) is 0 Å². The van der Waals surface area contributed by atoms with E-state index in [1.54, 1.807) is 0 Å². The number of rotatable bonds is 4. The van der Waals surface area contributed by atoms with Crippen LogP contribution in [-0.4, -0.2) is 9.97 Å². The maximum absolute atomic E-state index is 6.36. The molecule has 0 saturated heterocycles. The Bertz CT molecular complexity index is 4010. The molecule has 15 rings (SSSR count). The molecule has 320 valence electrons. The summed E-state index contributed by atoms with van der Waals surface area (Å²) in [5.41, 5.74) is 23.3. The van der Waals surface area contributed by atoms with Gasteiger partial charge in [0, 0.05) is 27.5 Å². The van der Waals surface area contributed by atoms with E-state index in [-0.39, 0.29) is 0 Å². The molecule has 0 bridgehead atoms. The Kier molecular flexibility index (Phi) is 7.92.